The number of carbonyl (C=O) groups excluding carboxylic acids is 2. The summed E-state index contributed by atoms with van der Waals surface area (Å²) in [5, 5.41) is 8.84. The van der Waals surface area contributed by atoms with Crippen molar-refractivity contribution in [3.8, 4) is 21.1 Å². The highest BCUT2D eigenvalue weighted by Crippen LogP contribution is 2.36. The molecule has 1 saturated heterocycles. The van der Waals surface area contributed by atoms with E-state index in [1.807, 2.05) is 60.0 Å². The molecule has 0 aliphatic carbocycles. The van der Waals surface area contributed by atoms with Crippen LogP contribution in [-0.4, -0.2) is 34.9 Å². The van der Waals surface area contributed by atoms with Crippen LogP contribution in [0.4, 0.5) is 16.2 Å². The first-order chi connectivity index (χ1) is 16.7. The summed E-state index contributed by atoms with van der Waals surface area (Å²) in [4.78, 5) is 34.3. The van der Waals surface area contributed by atoms with Gasteiger partial charge in [-0.15, -0.1) is 22.7 Å². The van der Waals surface area contributed by atoms with E-state index in [1.165, 1.54) is 11.3 Å². The Labute approximate surface area is 206 Å². The van der Waals surface area contributed by atoms with E-state index in [0.29, 0.717) is 11.4 Å². The van der Waals surface area contributed by atoms with E-state index in [9.17, 15) is 9.59 Å². The number of rotatable bonds is 6. The molecule has 34 heavy (non-hydrogen) atoms. The summed E-state index contributed by atoms with van der Waals surface area (Å²) in [6.07, 6.45) is 2.25. The van der Waals surface area contributed by atoms with Crippen molar-refractivity contribution in [1.29, 1.82) is 0 Å². The van der Waals surface area contributed by atoms with Crippen molar-refractivity contribution in [2.24, 2.45) is 0 Å². The predicted octanol–water partition coefficient (Wildman–Crippen LogP) is 6.35. The lowest BCUT2D eigenvalue weighted by molar-refractivity contribution is -0.115. The molecule has 3 amide bonds. The Morgan fingerprint density at radius 2 is 1.59 bits per heavy atom. The number of carbonyl (C=O) groups is 2. The van der Waals surface area contributed by atoms with Crippen molar-refractivity contribution in [2.75, 3.05) is 23.7 Å². The number of nitrogens with one attached hydrogen (secondary N) is 2. The minimum Gasteiger partial charge on any atom is -0.325 e. The molecular weight excluding hydrogens is 464 g/mol. The molecule has 1 aliphatic heterocycles. The summed E-state index contributed by atoms with van der Waals surface area (Å²) >= 11 is 3.15. The Kier molecular flexibility index (Phi) is 6.69. The lowest BCUT2D eigenvalue weighted by Gasteiger charge is -2.18. The SMILES string of the molecule is O=C(Cc1sc(-c2ccccc2)nc1-c1cccs1)Nc1ccccc1NC(=O)N1CCCC1. The van der Waals surface area contributed by atoms with Crippen LogP contribution in [-0.2, 0) is 11.2 Å². The van der Waals surface area contributed by atoms with Crippen molar-refractivity contribution in [2.45, 2.75) is 19.3 Å². The van der Waals surface area contributed by atoms with Crippen molar-refractivity contribution in [1.82, 2.24) is 9.88 Å². The first kappa shape index (κ1) is 22.3. The Bertz CT molecular complexity index is 1280. The maximum Gasteiger partial charge on any atom is 0.321 e. The minimum absolute atomic E-state index is 0.130. The van der Waals surface area contributed by atoms with Crippen LogP contribution >= 0.6 is 22.7 Å². The van der Waals surface area contributed by atoms with Gasteiger partial charge in [0.1, 0.15) is 5.01 Å². The number of thiazole rings is 1. The number of benzene rings is 2. The van der Waals surface area contributed by atoms with Crippen LogP contribution in [0.5, 0.6) is 0 Å². The second-order valence-corrected chi connectivity index (χ2v) is 10.1. The largest absolute Gasteiger partial charge is 0.325 e. The van der Waals surface area contributed by atoms with E-state index in [4.69, 9.17) is 4.98 Å². The molecule has 0 atom stereocenters. The van der Waals surface area contributed by atoms with E-state index in [1.54, 1.807) is 28.4 Å². The predicted molar refractivity (Wildman–Crippen MR) is 139 cm³/mol. The number of hydrogen-bond acceptors (Lipinski definition) is 5. The van der Waals surface area contributed by atoms with Crippen LogP contribution in [0.25, 0.3) is 21.1 Å². The lowest BCUT2D eigenvalue weighted by atomic mass is 10.2. The average molecular weight is 489 g/mol. The molecule has 0 saturated carbocycles. The number of amides is 3. The summed E-state index contributed by atoms with van der Waals surface area (Å²) in [6, 6.07) is 21.2. The number of thiophene rings is 1. The smallest absolute Gasteiger partial charge is 0.321 e. The van der Waals surface area contributed by atoms with Crippen LogP contribution < -0.4 is 10.6 Å². The summed E-state index contributed by atoms with van der Waals surface area (Å²) < 4.78 is 0. The zero-order valence-corrected chi connectivity index (χ0v) is 20.1. The molecule has 2 aromatic carbocycles. The Balaban J connectivity index is 1.35. The topological polar surface area (TPSA) is 74.3 Å². The molecule has 2 N–H and O–H groups in total. The average Bonchev–Trinajstić information content (AvgIpc) is 3.63. The normalized spacial score (nSPS) is 13.1. The van der Waals surface area contributed by atoms with Crippen molar-refractivity contribution in [3.63, 3.8) is 0 Å². The van der Waals surface area contributed by atoms with Gasteiger partial charge >= 0.3 is 6.03 Å². The molecule has 0 bridgehead atoms. The summed E-state index contributed by atoms with van der Waals surface area (Å²) in [5.41, 5.74) is 3.07. The van der Waals surface area contributed by atoms with Crippen LogP contribution in [0, 0.1) is 0 Å². The molecule has 0 radical (unpaired) electrons. The highest BCUT2D eigenvalue weighted by atomic mass is 32.1. The number of anilines is 2. The molecule has 0 spiro atoms. The fourth-order valence-electron chi connectivity index (χ4n) is 3.94. The van der Waals surface area contributed by atoms with Gasteiger partial charge < -0.3 is 15.5 Å². The first-order valence-corrected chi connectivity index (χ1v) is 12.9. The molecule has 172 valence electrons. The molecule has 1 aliphatic rings. The lowest BCUT2D eigenvalue weighted by Crippen LogP contribution is -2.32. The Morgan fingerprint density at radius 1 is 0.882 bits per heavy atom. The van der Waals surface area contributed by atoms with Gasteiger partial charge in [0.25, 0.3) is 0 Å². The third kappa shape index (κ3) is 5.03. The summed E-state index contributed by atoms with van der Waals surface area (Å²) in [6.45, 7) is 1.53. The van der Waals surface area contributed by atoms with E-state index in [2.05, 4.69) is 10.6 Å². The fraction of sp³-hybridized carbons (Fsp3) is 0.192. The molecule has 4 aromatic rings. The van der Waals surface area contributed by atoms with Gasteiger partial charge in [0.2, 0.25) is 5.91 Å². The zero-order chi connectivity index (χ0) is 23.3. The van der Waals surface area contributed by atoms with Crippen LogP contribution in [0.15, 0.2) is 72.1 Å². The molecule has 2 aromatic heterocycles. The van der Waals surface area contributed by atoms with Crippen LogP contribution in [0.2, 0.25) is 0 Å². The monoisotopic (exact) mass is 488 g/mol. The molecule has 8 heteroatoms. The highest BCUT2D eigenvalue weighted by Gasteiger charge is 2.21. The number of likely N-dealkylation sites (tertiary alicyclic amines) is 1. The molecule has 1 fully saturated rings. The summed E-state index contributed by atoms with van der Waals surface area (Å²) in [5.74, 6) is -0.149. The highest BCUT2D eigenvalue weighted by molar-refractivity contribution is 7.17. The minimum atomic E-state index is -0.149. The maximum absolute atomic E-state index is 13.1. The number of hydrogen-bond donors (Lipinski definition) is 2. The second-order valence-electron chi connectivity index (χ2n) is 8.03. The number of para-hydroxylation sites is 2. The van der Waals surface area contributed by atoms with Crippen molar-refractivity contribution < 1.29 is 9.59 Å². The molecule has 3 heterocycles. The van der Waals surface area contributed by atoms with E-state index in [-0.39, 0.29) is 18.4 Å². The molecule has 0 unspecified atom stereocenters. The maximum atomic E-state index is 13.1. The zero-order valence-electron chi connectivity index (χ0n) is 18.5. The van der Waals surface area contributed by atoms with Gasteiger partial charge in [0, 0.05) is 23.5 Å². The Morgan fingerprint density at radius 3 is 2.29 bits per heavy atom. The van der Waals surface area contributed by atoms with E-state index < -0.39 is 0 Å². The van der Waals surface area contributed by atoms with E-state index in [0.717, 1.165) is 52.0 Å². The fourth-order valence-corrected chi connectivity index (χ4v) is 5.82. The van der Waals surface area contributed by atoms with Gasteiger partial charge in [-0.25, -0.2) is 9.78 Å². The van der Waals surface area contributed by atoms with Crippen molar-refractivity contribution >= 4 is 46.0 Å². The van der Waals surface area contributed by atoms with Gasteiger partial charge in [0.05, 0.1) is 28.4 Å². The number of aromatic nitrogens is 1. The molecular formula is C26H24N4O2S2. The van der Waals surface area contributed by atoms with Crippen LogP contribution in [0.1, 0.15) is 17.7 Å². The van der Waals surface area contributed by atoms with Gasteiger partial charge in [-0.05, 0) is 36.4 Å². The summed E-state index contributed by atoms with van der Waals surface area (Å²) in [7, 11) is 0. The third-order valence-electron chi connectivity index (χ3n) is 5.63. The van der Waals surface area contributed by atoms with Crippen molar-refractivity contribution in [3.05, 3.63) is 77.0 Å². The molecule has 5 rings (SSSR count). The van der Waals surface area contributed by atoms with Gasteiger partial charge in [0.15, 0.2) is 0 Å². The second kappa shape index (κ2) is 10.2. The quantitative estimate of drug-likeness (QED) is 0.332. The van der Waals surface area contributed by atoms with Gasteiger partial charge in [-0.3, -0.25) is 4.79 Å². The molecule has 6 nitrogen and oxygen atoms in total. The first-order valence-electron chi connectivity index (χ1n) is 11.2. The third-order valence-corrected chi connectivity index (χ3v) is 7.61. The standard InChI is InChI=1S/C26H24N4O2S2/c31-23(27-19-11-4-5-12-20(19)28-26(32)30-14-6-7-15-30)17-22-24(21-13-8-16-33-21)29-25(34-22)18-9-2-1-3-10-18/h1-5,8-13,16H,6-7,14-15,17H2,(H,27,31)(H,28,32). The van der Waals surface area contributed by atoms with Gasteiger partial charge in [-0.1, -0.05) is 48.5 Å². The number of urea groups is 1. The van der Waals surface area contributed by atoms with Crippen LogP contribution in [0.3, 0.4) is 0 Å². The number of nitrogens with zero attached hydrogens (tertiary/aromatic N) is 2. The Hall–Kier alpha value is -3.49. The van der Waals surface area contributed by atoms with E-state index >= 15 is 0 Å². The van der Waals surface area contributed by atoms with Gasteiger partial charge in [-0.2, -0.15) is 0 Å².